The molecule has 0 unspecified atom stereocenters. The maximum absolute atomic E-state index is 14.3. The molecule has 0 atom stereocenters. The second kappa shape index (κ2) is 8.70. The molecule has 2 aromatic carbocycles. The molecular weight excluding hydrogens is 339 g/mol. The third-order valence-electron chi connectivity index (χ3n) is 4.22. The minimum absolute atomic E-state index is 0.0208. The highest BCUT2D eigenvalue weighted by atomic mass is 19.2. The lowest BCUT2D eigenvalue weighted by Gasteiger charge is -2.13. The quantitative estimate of drug-likeness (QED) is 0.542. The number of carbonyl (C=O) groups excluding carboxylic acids is 1. The predicted octanol–water partition coefficient (Wildman–Crippen LogP) is 5.40. The van der Waals surface area contributed by atoms with Crippen molar-refractivity contribution in [1.29, 1.82) is 0 Å². The third kappa shape index (κ3) is 4.54. The van der Waals surface area contributed by atoms with Crippen LogP contribution in [0.1, 0.15) is 37.8 Å². The van der Waals surface area contributed by atoms with Crippen molar-refractivity contribution in [3.8, 4) is 11.1 Å². The number of rotatable bonds is 6. The molecule has 0 fully saturated rings. The average Bonchev–Trinajstić information content (AvgIpc) is 2.62. The van der Waals surface area contributed by atoms with E-state index in [1.807, 2.05) is 6.92 Å². The van der Waals surface area contributed by atoms with Gasteiger partial charge in [-0.25, -0.2) is 13.2 Å². The molecule has 1 N–H and O–H groups in total. The van der Waals surface area contributed by atoms with Crippen molar-refractivity contribution >= 4 is 12.0 Å². The molecule has 0 aliphatic rings. The third-order valence-corrected chi connectivity index (χ3v) is 4.22. The summed E-state index contributed by atoms with van der Waals surface area (Å²) in [7, 11) is 0. The summed E-state index contributed by atoms with van der Waals surface area (Å²) in [5.41, 5.74) is 1.82. The first kappa shape index (κ1) is 19.8. The molecule has 1 amide bonds. The van der Waals surface area contributed by atoms with Gasteiger partial charge in [-0.05, 0) is 61.2 Å². The van der Waals surface area contributed by atoms with Gasteiger partial charge < -0.3 is 5.32 Å². The van der Waals surface area contributed by atoms with Gasteiger partial charge in [0, 0.05) is 17.7 Å². The Morgan fingerprint density at radius 2 is 1.81 bits per heavy atom. The van der Waals surface area contributed by atoms with Crippen molar-refractivity contribution in [2.45, 2.75) is 33.6 Å². The molecule has 2 aromatic rings. The summed E-state index contributed by atoms with van der Waals surface area (Å²) < 4.78 is 41.6. The fourth-order valence-corrected chi connectivity index (χ4v) is 2.64. The Hall–Kier alpha value is -2.56. The molecule has 0 saturated heterocycles. The molecular formula is C21H22F3NO. The number of nitrogens with one attached hydrogen (secondary N) is 1. The van der Waals surface area contributed by atoms with Crippen LogP contribution in [-0.2, 0) is 4.79 Å². The van der Waals surface area contributed by atoms with Crippen LogP contribution < -0.4 is 5.32 Å². The fourth-order valence-electron chi connectivity index (χ4n) is 2.64. The van der Waals surface area contributed by atoms with Crippen LogP contribution in [-0.4, -0.2) is 12.5 Å². The van der Waals surface area contributed by atoms with E-state index in [0.717, 1.165) is 18.9 Å². The van der Waals surface area contributed by atoms with E-state index in [-0.39, 0.29) is 11.5 Å². The summed E-state index contributed by atoms with van der Waals surface area (Å²) in [6.45, 7) is 5.75. The Labute approximate surface area is 151 Å². The molecule has 5 heteroatoms. The van der Waals surface area contributed by atoms with Gasteiger partial charge in [-0.2, -0.15) is 0 Å². The fraction of sp³-hybridized carbons (Fsp3) is 0.286. The van der Waals surface area contributed by atoms with Crippen molar-refractivity contribution in [3.05, 3.63) is 64.5 Å². The number of unbranched alkanes of at least 4 members (excludes halogenated alkanes) is 1. The lowest BCUT2D eigenvalue weighted by molar-refractivity contribution is -0.117. The first-order chi connectivity index (χ1) is 12.3. The largest absolute Gasteiger partial charge is 0.352 e. The first-order valence-electron chi connectivity index (χ1n) is 8.56. The lowest BCUT2D eigenvalue weighted by Crippen LogP contribution is -2.24. The monoisotopic (exact) mass is 361 g/mol. The summed E-state index contributed by atoms with van der Waals surface area (Å²) in [6, 6.07) is 6.63. The highest BCUT2D eigenvalue weighted by molar-refractivity contribution is 5.97. The average molecular weight is 361 g/mol. The number of halogens is 3. The number of benzene rings is 2. The van der Waals surface area contributed by atoms with Crippen molar-refractivity contribution in [1.82, 2.24) is 5.32 Å². The summed E-state index contributed by atoms with van der Waals surface area (Å²) in [6.07, 6.45) is 3.14. The molecule has 0 saturated carbocycles. The minimum atomic E-state index is -1.01. The van der Waals surface area contributed by atoms with Gasteiger partial charge >= 0.3 is 0 Å². The van der Waals surface area contributed by atoms with E-state index in [4.69, 9.17) is 0 Å². The van der Waals surface area contributed by atoms with Crippen LogP contribution in [0, 0.1) is 24.4 Å². The molecule has 0 aliphatic heterocycles. The molecule has 2 rings (SSSR count). The molecule has 0 aromatic heterocycles. The van der Waals surface area contributed by atoms with Crippen molar-refractivity contribution in [3.63, 3.8) is 0 Å². The molecule has 0 radical (unpaired) electrons. The lowest BCUT2D eigenvalue weighted by atomic mass is 9.94. The Morgan fingerprint density at radius 3 is 2.42 bits per heavy atom. The van der Waals surface area contributed by atoms with Gasteiger partial charge in [0.25, 0.3) is 0 Å². The van der Waals surface area contributed by atoms with Gasteiger partial charge in [0.2, 0.25) is 5.91 Å². The van der Waals surface area contributed by atoms with Crippen molar-refractivity contribution in [2.24, 2.45) is 0 Å². The van der Waals surface area contributed by atoms with Gasteiger partial charge in [0.1, 0.15) is 5.82 Å². The zero-order chi connectivity index (χ0) is 19.3. The van der Waals surface area contributed by atoms with Crippen LogP contribution >= 0.6 is 0 Å². The van der Waals surface area contributed by atoms with Gasteiger partial charge in [0.05, 0.1) is 0 Å². The summed E-state index contributed by atoms with van der Waals surface area (Å²) in [5, 5.41) is 2.74. The molecule has 0 spiro atoms. The summed E-state index contributed by atoms with van der Waals surface area (Å²) in [5.74, 6) is -2.74. The second-order valence-corrected chi connectivity index (χ2v) is 6.20. The highest BCUT2D eigenvalue weighted by Crippen LogP contribution is 2.31. The minimum Gasteiger partial charge on any atom is -0.352 e. The van der Waals surface area contributed by atoms with E-state index in [1.54, 1.807) is 13.8 Å². The van der Waals surface area contributed by atoms with Gasteiger partial charge in [-0.15, -0.1) is 0 Å². The van der Waals surface area contributed by atoms with E-state index in [9.17, 15) is 18.0 Å². The molecule has 2 nitrogen and oxygen atoms in total. The van der Waals surface area contributed by atoms with Crippen LogP contribution in [0.3, 0.4) is 0 Å². The van der Waals surface area contributed by atoms with Crippen molar-refractivity contribution in [2.75, 3.05) is 6.54 Å². The summed E-state index contributed by atoms with van der Waals surface area (Å²) in [4.78, 5) is 12.1. The standard InChI is InChI=1S/C21H22F3NO/c1-4-5-10-25-21(26)13(2)11-18-14(3)17(12-19(23)20(18)24)15-6-8-16(22)9-7-15/h6-9,11-12H,4-5,10H2,1-3H3,(H,25,26)/b13-11+. The molecule has 0 heterocycles. The van der Waals surface area contributed by atoms with Crippen molar-refractivity contribution < 1.29 is 18.0 Å². The number of hydrogen-bond donors (Lipinski definition) is 1. The van der Waals surface area contributed by atoms with Gasteiger partial charge in [-0.1, -0.05) is 25.5 Å². The SMILES string of the molecule is CCCCNC(=O)/C(C)=C/c1c(C)c(-c2ccc(F)cc2)cc(F)c1F. The van der Waals surface area contributed by atoms with Crippen LogP contribution in [0.15, 0.2) is 35.9 Å². The molecule has 138 valence electrons. The summed E-state index contributed by atoms with van der Waals surface area (Å²) >= 11 is 0. The van der Waals surface area contributed by atoms with E-state index in [2.05, 4.69) is 5.32 Å². The topological polar surface area (TPSA) is 29.1 Å². The smallest absolute Gasteiger partial charge is 0.246 e. The Kier molecular flexibility index (Phi) is 6.61. The second-order valence-electron chi connectivity index (χ2n) is 6.20. The van der Waals surface area contributed by atoms with E-state index >= 15 is 0 Å². The maximum Gasteiger partial charge on any atom is 0.246 e. The zero-order valence-corrected chi connectivity index (χ0v) is 15.1. The Balaban J connectivity index is 2.43. The van der Waals surface area contributed by atoms with Crippen LogP contribution in [0.5, 0.6) is 0 Å². The Morgan fingerprint density at radius 1 is 1.15 bits per heavy atom. The Bertz CT molecular complexity index is 826. The predicted molar refractivity (Wildman–Crippen MR) is 98.1 cm³/mol. The highest BCUT2D eigenvalue weighted by Gasteiger charge is 2.17. The van der Waals surface area contributed by atoms with E-state index in [0.29, 0.717) is 28.8 Å². The molecule has 0 aliphatic carbocycles. The molecule has 26 heavy (non-hydrogen) atoms. The number of carbonyl (C=O) groups is 1. The van der Waals surface area contributed by atoms with Crippen LogP contribution in [0.2, 0.25) is 0 Å². The van der Waals surface area contributed by atoms with Gasteiger partial charge in [0.15, 0.2) is 11.6 Å². The van der Waals surface area contributed by atoms with E-state index < -0.39 is 17.5 Å². The van der Waals surface area contributed by atoms with E-state index in [1.165, 1.54) is 30.3 Å². The van der Waals surface area contributed by atoms with Crippen LogP contribution in [0.4, 0.5) is 13.2 Å². The number of hydrogen-bond acceptors (Lipinski definition) is 1. The van der Waals surface area contributed by atoms with Crippen LogP contribution in [0.25, 0.3) is 17.2 Å². The normalized spacial score (nSPS) is 11.5. The first-order valence-corrected chi connectivity index (χ1v) is 8.56. The zero-order valence-electron chi connectivity index (χ0n) is 15.1. The number of amides is 1. The molecule has 0 bridgehead atoms. The van der Waals surface area contributed by atoms with Gasteiger partial charge in [-0.3, -0.25) is 4.79 Å². The maximum atomic E-state index is 14.3.